The summed E-state index contributed by atoms with van der Waals surface area (Å²) in [4.78, 5) is 1.45. The molecule has 102 valence electrons. The van der Waals surface area contributed by atoms with Gasteiger partial charge in [0.15, 0.2) is 0 Å². The van der Waals surface area contributed by atoms with Gasteiger partial charge in [0.05, 0.1) is 6.61 Å². The summed E-state index contributed by atoms with van der Waals surface area (Å²) in [5, 5.41) is 9.09. The summed E-state index contributed by atoms with van der Waals surface area (Å²) in [5.74, 6) is 0.802. The van der Waals surface area contributed by atoms with Crippen molar-refractivity contribution in [1.82, 2.24) is 0 Å². The highest BCUT2D eigenvalue weighted by Gasteiger charge is 2.14. The Morgan fingerprint density at radius 1 is 0.889 bits per heavy atom. The molecule has 0 aromatic heterocycles. The van der Waals surface area contributed by atoms with E-state index in [0.29, 0.717) is 0 Å². The number of benzene rings is 1. The Morgan fingerprint density at radius 2 is 1.39 bits per heavy atom. The summed E-state index contributed by atoms with van der Waals surface area (Å²) in [7, 11) is 0. The van der Waals surface area contributed by atoms with Crippen molar-refractivity contribution >= 4 is 11.8 Å². The quantitative estimate of drug-likeness (QED) is 0.752. The smallest absolute Gasteiger partial charge is 0.0525 e. The summed E-state index contributed by atoms with van der Waals surface area (Å²) in [5.41, 5.74) is 5.99. The van der Waals surface area contributed by atoms with Crippen LogP contribution in [0.25, 0.3) is 0 Å². The molecule has 0 aliphatic rings. The van der Waals surface area contributed by atoms with Crippen molar-refractivity contribution < 1.29 is 5.11 Å². The largest absolute Gasteiger partial charge is 0.396 e. The molecule has 18 heavy (non-hydrogen) atoms. The van der Waals surface area contributed by atoms with E-state index < -0.39 is 0 Å². The highest BCUT2D eigenvalue weighted by Crippen LogP contribution is 2.33. The number of hydrogen-bond donors (Lipinski definition) is 1. The zero-order valence-corrected chi connectivity index (χ0v) is 13.0. The Bertz CT molecular complexity index is 355. The molecule has 1 aromatic carbocycles. The van der Waals surface area contributed by atoms with Crippen LogP contribution in [0.5, 0.6) is 0 Å². The van der Waals surface area contributed by atoms with Gasteiger partial charge in [-0.25, -0.2) is 0 Å². The van der Waals surface area contributed by atoms with Crippen LogP contribution >= 0.6 is 11.8 Å². The maximum atomic E-state index is 9.09. The van der Waals surface area contributed by atoms with E-state index in [4.69, 9.17) is 5.11 Å². The molecule has 0 radical (unpaired) electrons. The van der Waals surface area contributed by atoms with Crippen molar-refractivity contribution in [2.75, 3.05) is 12.4 Å². The topological polar surface area (TPSA) is 20.2 Å². The SMILES string of the molecule is CCc1cc(CC)c(CC)c(SCCO)c1CC. The van der Waals surface area contributed by atoms with Crippen molar-refractivity contribution in [3.63, 3.8) is 0 Å². The molecule has 0 saturated heterocycles. The number of aliphatic hydroxyl groups is 1. The van der Waals surface area contributed by atoms with Crippen LogP contribution in [0.1, 0.15) is 49.9 Å². The predicted octanol–water partition coefficient (Wildman–Crippen LogP) is 4.02. The second-order valence-electron chi connectivity index (χ2n) is 4.47. The molecule has 0 amide bonds. The summed E-state index contributed by atoms with van der Waals surface area (Å²) >= 11 is 1.83. The summed E-state index contributed by atoms with van der Waals surface area (Å²) in [6.45, 7) is 9.21. The van der Waals surface area contributed by atoms with E-state index in [1.165, 1.54) is 27.1 Å². The van der Waals surface area contributed by atoms with Gasteiger partial charge in [0.25, 0.3) is 0 Å². The van der Waals surface area contributed by atoms with Crippen molar-refractivity contribution in [2.45, 2.75) is 58.3 Å². The van der Waals surface area contributed by atoms with Crippen molar-refractivity contribution in [1.29, 1.82) is 0 Å². The lowest BCUT2D eigenvalue weighted by Crippen LogP contribution is -2.04. The number of thioether (sulfide) groups is 1. The van der Waals surface area contributed by atoms with Crippen molar-refractivity contribution in [2.24, 2.45) is 0 Å². The first-order valence-electron chi connectivity index (χ1n) is 7.13. The zero-order chi connectivity index (χ0) is 13.5. The molecule has 0 bridgehead atoms. The lowest BCUT2D eigenvalue weighted by Gasteiger charge is -2.20. The molecule has 0 atom stereocenters. The fourth-order valence-corrected chi connectivity index (χ4v) is 3.78. The molecule has 1 aromatic rings. The monoisotopic (exact) mass is 266 g/mol. The number of aliphatic hydroxyl groups excluding tert-OH is 1. The van der Waals surface area contributed by atoms with Gasteiger partial charge >= 0.3 is 0 Å². The van der Waals surface area contributed by atoms with Gasteiger partial charge in [-0.05, 0) is 47.9 Å². The summed E-state index contributed by atoms with van der Waals surface area (Å²) in [6.07, 6.45) is 4.39. The van der Waals surface area contributed by atoms with Gasteiger partial charge < -0.3 is 5.11 Å². The third-order valence-electron chi connectivity index (χ3n) is 3.48. The van der Waals surface area contributed by atoms with Gasteiger partial charge in [0, 0.05) is 10.6 Å². The summed E-state index contributed by atoms with van der Waals surface area (Å²) in [6, 6.07) is 2.40. The molecule has 2 heteroatoms. The Balaban J connectivity index is 3.36. The Labute approximate surface area is 116 Å². The van der Waals surface area contributed by atoms with E-state index in [9.17, 15) is 0 Å². The van der Waals surface area contributed by atoms with Crippen LogP contribution in [0, 0.1) is 0 Å². The molecule has 0 fully saturated rings. The Kier molecular flexibility index (Phi) is 6.80. The molecule has 0 unspecified atom stereocenters. The third kappa shape index (κ3) is 3.30. The number of rotatable bonds is 7. The van der Waals surface area contributed by atoms with E-state index in [2.05, 4.69) is 33.8 Å². The Morgan fingerprint density at radius 3 is 1.72 bits per heavy atom. The molecule has 0 aliphatic heterocycles. The van der Waals surface area contributed by atoms with E-state index >= 15 is 0 Å². The molecular weight excluding hydrogens is 240 g/mol. The van der Waals surface area contributed by atoms with Crippen LogP contribution in [-0.2, 0) is 25.7 Å². The average molecular weight is 266 g/mol. The number of hydrogen-bond acceptors (Lipinski definition) is 2. The van der Waals surface area contributed by atoms with Gasteiger partial charge in [0.1, 0.15) is 0 Å². The minimum Gasteiger partial charge on any atom is -0.396 e. The van der Waals surface area contributed by atoms with Gasteiger partial charge in [-0.2, -0.15) is 0 Å². The first-order valence-corrected chi connectivity index (χ1v) is 8.11. The van der Waals surface area contributed by atoms with Crippen LogP contribution in [-0.4, -0.2) is 17.5 Å². The number of aryl methyl sites for hydroxylation is 2. The van der Waals surface area contributed by atoms with Crippen LogP contribution in [0.3, 0.4) is 0 Å². The highest BCUT2D eigenvalue weighted by molar-refractivity contribution is 7.99. The molecule has 0 spiro atoms. The van der Waals surface area contributed by atoms with E-state index in [0.717, 1.165) is 31.4 Å². The summed E-state index contributed by atoms with van der Waals surface area (Å²) < 4.78 is 0. The highest BCUT2D eigenvalue weighted by atomic mass is 32.2. The second-order valence-corrected chi connectivity index (χ2v) is 5.57. The van der Waals surface area contributed by atoms with Gasteiger partial charge in [-0.3, -0.25) is 0 Å². The maximum Gasteiger partial charge on any atom is 0.0525 e. The van der Waals surface area contributed by atoms with Crippen molar-refractivity contribution in [3.05, 3.63) is 28.3 Å². The van der Waals surface area contributed by atoms with Gasteiger partial charge in [0.2, 0.25) is 0 Å². The first kappa shape index (κ1) is 15.6. The standard InChI is InChI=1S/C16H26OS/c1-5-12-11-13(6-2)15(8-4)16(14(12)7-3)18-10-9-17/h11,17H,5-10H2,1-4H3. The minimum absolute atomic E-state index is 0.259. The molecule has 0 saturated carbocycles. The van der Waals surface area contributed by atoms with Crippen LogP contribution < -0.4 is 0 Å². The predicted molar refractivity (Wildman–Crippen MR) is 81.8 cm³/mol. The molecule has 1 rings (SSSR count). The molecular formula is C16H26OS. The van der Waals surface area contributed by atoms with Gasteiger partial charge in [-0.15, -0.1) is 11.8 Å². The first-order chi connectivity index (χ1) is 8.73. The van der Waals surface area contributed by atoms with E-state index in [-0.39, 0.29) is 6.61 Å². The zero-order valence-electron chi connectivity index (χ0n) is 12.2. The minimum atomic E-state index is 0.259. The van der Waals surface area contributed by atoms with Crippen LogP contribution in [0.2, 0.25) is 0 Å². The fourth-order valence-electron chi connectivity index (χ4n) is 2.59. The second kappa shape index (κ2) is 7.85. The molecule has 1 N–H and O–H groups in total. The lowest BCUT2D eigenvalue weighted by atomic mass is 9.93. The Hall–Kier alpha value is -0.470. The third-order valence-corrected chi connectivity index (χ3v) is 4.65. The van der Waals surface area contributed by atoms with Crippen LogP contribution in [0.15, 0.2) is 11.0 Å². The van der Waals surface area contributed by atoms with Crippen molar-refractivity contribution in [3.8, 4) is 0 Å². The molecule has 0 heterocycles. The van der Waals surface area contributed by atoms with Gasteiger partial charge in [-0.1, -0.05) is 33.8 Å². The van der Waals surface area contributed by atoms with E-state index in [1.807, 2.05) is 11.8 Å². The average Bonchev–Trinajstić information content (AvgIpc) is 2.42. The lowest BCUT2D eigenvalue weighted by molar-refractivity contribution is 0.322. The maximum absolute atomic E-state index is 9.09. The fraction of sp³-hybridized carbons (Fsp3) is 0.625. The normalized spacial score (nSPS) is 10.9. The van der Waals surface area contributed by atoms with E-state index in [1.54, 1.807) is 0 Å². The molecule has 1 nitrogen and oxygen atoms in total. The van der Waals surface area contributed by atoms with Crippen LogP contribution in [0.4, 0.5) is 0 Å². The molecule has 0 aliphatic carbocycles.